The van der Waals surface area contributed by atoms with Crippen LogP contribution < -0.4 is 10.6 Å². The van der Waals surface area contributed by atoms with Crippen molar-refractivity contribution < 1.29 is 13.2 Å². The lowest BCUT2D eigenvalue weighted by Gasteiger charge is -2.12. The normalized spacial score (nSPS) is 10.8. The Kier molecular flexibility index (Phi) is 3.93. The van der Waals surface area contributed by atoms with Crippen molar-refractivity contribution in [3.63, 3.8) is 0 Å². The molecule has 1 heterocycles. The molecule has 1 aromatic heterocycles. The molecule has 0 amide bonds. The first-order valence-corrected chi connectivity index (χ1v) is 5.82. The summed E-state index contributed by atoms with van der Waals surface area (Å²) in [5.41, 5.74) is -1.23. The van der Waals surface area contributed by atoms with E-state index in [9.17, 15) is 13.2 Å². The molecule has 0 radical (unpaired) electrons. The van der Waals surface area contributed by atoms with E-state index in [4.69, 9.17) is 5.26 Å². The molecular formula is C13H10F3N5. The average Bonchev–Trinajstić information content (AvgIpc) is 2.46. The van der Waals surface area contributed by atoms with E-state index >= 15 is 0 Å². The van der Waals surface area contributed by atoms with Crippen molar-refractivity contribution >= 4 is 17.3 Å². The maximum atomic E-state index is 12.9. The third-order valence-electron chi connectivity index (χ3n) is 2.64. The topological polar surface area (TPSA) is 73.6 Å². The molecule has 0 spiro atoms. The largest absolute Gasteiger partial charge is 0.417 e. The van der Waals surface area contributed by atoms with E-state index in [0.717, 1.165) is 12.1 Å². The fourth-order valence-electron chi connectivity index (χ4n) is 1.66. The van der Waals surface area contributed by atoms with Gasteiger partial charge in [0.1, 0.15) is 18.0 Å². The fourth-order valence-corrected chi connectivity index (χ4v) is 1.66. The molecule has 0 saturated heterocycles. The van der Waals surface area contributed by atoms with E-state index in [1.54, 1.807) is 13.1 Å². The van der Waals surface area contributed by atoms with Gasteiger partial charge in [0.2, 0.25) is 0 Å². The summed E-state index contributed by atoms with van der Waals surface area (Å²) in [6.07, 6.45) is -3.31. The van der Waals surface area contributed by atoms with Gasteiger partial charge in [-0.1, -0.05) is 0 Å². The Balaban J connectivity index is 2.35. The SMILES string of the molecule is CNc1cc(Nc2ccc(C#N)c(C(F)(F)F)c2)ncn1. The third-order valence-corrected chi connectivity index (χ3v) is 2.64. The fraction of sp³-hybridized carbons (Fsp3) is 0.154. The van der Waals surface area contributed by atoms with Gasteiger partial charge < -0.3 is 10.6 Å². The molecule has 0 bridgehead atoms. The summed E-state index contributed by atoms with van der Waals surface area (Å²) < 4.78 is 38.6. The summed E-state index contributed by atoms with van der Waals surface area (Å²) in [5.74, 6) is 0.865. The van der Waals surface area contributed by atoms with Crippen LogP contribution in [-0.4, -0.2) is 17.0 Å². The van der Waals surface area contributed by atoms with Crippen LogP contribution in [0, 0.1) is 11.3 Å². The quantitative estimate of drug-likeness (QED) is 0.909. The molecule has 2 aromatic rings. The summed E-state index contributed by atoms with van der Waals surface area (Å²) in [6, 6.07) is 6.45. The molecule has 2 rings (SSSR count). The Morgan fingerprint density at radius 1 is 1.14 bits per heavy atom. The number of rotatable bonds is 3. The molecule has 1 aromatic carbocycles. The minimum absolute atomic E-state index is 0.182. The maximum absolute atomic E-state index is 12.9. The van der Waals surface area contributed by atoms with Crippen LogP contribution >= 0.6 is 0 Å². The zero-order chi connectivity index (χ0) is 15.5. The van der Waals surface area contributed by atoms with Crippen LogP contribution in [0.2, 0.25) is 0 Å². The van der Waals surface area contributed by atoms with Crippen LogP contribution in [-0.2, 0) is 6.18 Å². The first-order chi connectivity index (χ1) is 9.94. The average molecular weight is 293 g/mol. The van der Waals surface area contributed by atoms with Gasteiger partial charge in [-0.3, -0.25) is 0 Å². The van der Waals surface area contributed by atoms with Gasteiger partial charge in [-0.15, -0.1) is 0 Å². The first-order valence-electron chi connectivity index (χ1n) is 5.82. The first kappa shape index (κ1) is 14.6. The van der Waals surface area contributed by atoms with E-state index in [-0.39, 0.29) is 5.69 Å². The van der Waals surface area contributed by atoms with Crippen LogP contribution in [0.1, 0.15) is 11.1 Å². The molecule has 0 fully saturated rings. The second kappa shape index (κ2) is 5.66. The molecule has 5 nitrogen and oxygen atoms in total. The van der Waals surface area contributed by atoms with Gasteiger partial charge in [-0.05, 0) is 18.2 Å². The van der Waals surface area contributed by atoms with Crippen molar-refractivity contribution in [2.45, 2.75) is 6.18 Å². The Morgan fingerprint density at radius 2 is 1.86 bits per heavy atom. The molecule has 108 valence electrons. The third kappa shape index (κ3) is 3.39. The number of nitrogens with zero attached hydrogens (tertiary/aromatic N) is 3. The summed E-state index contributed by atoms with van der Waals surface area (Å²) in [4.78, 5) is 7.81. The molecule has 0 aliphatic carbocycles. The van der Waals surface area contributed by atoms with Gasteiger partial charge in [0.15, 0.2) is 0 Å². The van der Waals surface area contributed by atoms with Crippen molar-refractivity contribution in [1.29, 1.82) is 5.26 Å². The van der Waals surface area contributed by atoms with Gasteiger partial charge in [0.25, 0.3) is 0 Å². The maximum Gasteiger partial charge on any atom is 0.417 e. The number of aromatic nitrogens is 2. The van der Waals surface area contributed by atoms with Gasteiger partial charge in [0, 0.05) is 18.8 Å². The summed E-state index contributed by atoms with van der Waals surface area (Å²) in [6.45, 7) is 0. The summed E-state index contributed by atoms with van der Waals surface area (Å²) in [7, 11) is 1.66. The monoisotopic (exact) mass is 293 g/mol. The zero-order valence-corrected chi connectivity index (χ0v) is 10.9. The Hall–Kier alpha value is -2.82. The lowest BCUT2D eigenvalue weighted by Crippen LogP contribution is -2.08. The summed E-state index contributed by atoms with van der Waals surface area (Å²) in [5, 5.41) is 14.3. The molecule has 21 heavy (non-hydrogen) atoms. The molecule has 8 heteroatoms. The Labute approximate surface area is 118 Å². The van der Waals surface area contributed by atoms with Crippen molar-refractivity contribution in [1.82, 2.24) is 9.97 Å². The smallest absolute Gasteiger partial charge is 0.373 e. The predicted octanol–water partition coefficient (Wildman–Crippen LogP) is 3.15. The highest BCUT2D eigenvalue weighted by atomic mass is 19.4. The van der Waals surface area contributed by atoms with Crippen molar-refractivity contribution in [3.05, 3.63) is 41.7 Å². The highest BCUT2D eigenvalue weighted by Gasteiger charge is 2.33. The van der Waals surface area contributed by atoms with E-state index in [0.29, 0.717) is 11.6 Å². The van der Waals surface area contributed by atoms with Gasteiger partial charge in [-0.2, -0.15) is 18.4 Å². The Bertz CT molecular complexity index is 691. The van der Waals surface area contributed by atoms with E-state index in [1.165, 1.54) is 18.5 Å². The van der Waals surface area contributed by atoms with Crippen LogP contribution in [0.5, 0.6) is 0 Å². The lowest BCUT2D eigenvalue weighted by molar-refractivity contribution is -0.137. The molecular weight excluding hydrogens is 283 g/mol. The Morgan fingerprint density at radius 3 is 2.48 bits per heavy atom. The molecule has 0 atom stereocenters. The van der Waals surface area contributed by atoms with E-state index < -0.39 is 17.3 Å². The van der Waals surface area contributed by atoms with Gasteiger partial charge in [-0.25, -0.2) is 9.97 Å². The minimum atomic E-state index is -4.59. The highest BCUT2D eigenvalue weighted by Crippen LogP contribution is 2.34. The van der Waals surface area contributed by atoms with Gasteiger partial charge >= 0.3 is 6.18 Å². The second-order valence-electron chi connectivity index (χ2n) is 4.03. The number of nitriles is 1. The molecule has 0 unspecified atom stereocenters. The number of nitrogens with one attached hydrogen (secondary N) is 2. The van der Waals surface area contributed by atoms with Crippen molar-refractivity contribution in [2.75, 3.05) is 17.7 Å². The highest BCUT2D eigenvalue weighted by molar-refractivity contribution is 5.61. The van der Waals surface area contributed by atoms with Crippen molar-refractivity contribution in [3.8, 4) is 6.07 Å². The number of halogens is 3. The zero-order valence-electron chi connectivity index (χ0n) is 10.9. The van der Waals surface area contributed by atoms with Gasteiger partial charge in [0.05, 0.1) is 17.2 Å². The molecule has 0 aliphatic heterocycles. The molecule has 0 saturated carbocycles. The number of benzene rings is 1. The van der Waals surface area contributed by atoms with Crippen LogP contribution in [0.4, 0.5) is 30.5 Å². The minimum Gasteiger partial charge on any atom is -0.373 e. The second-order valence-corrected chi connectivity index (χ2v) is 4.03. The number of hydrogen-bond acceptors (Lipinski definition) is 5. The lowest BCUT2D eigenvalue weighted by atomic mass is 10.1. The van der Waals surface area contributed by atoms with E-state index in [1.807, 2.05) is 0 Å². The molecule has 2 N–H and O–H groups in total. The number of hydrogen-bond donors (Lipinski definition) is 2. The van der Waals surface area contributed by atoms with E-state index in [2.05, 4.69) is 20.6 Å². The van der Waals surface area contributed by atoms with Crippen molar-refractivity contribution in [2.24, 2.45) is 0 Å². The predicted molar refractivity (Wildman–Crippen MR) is 71.0 cm³/mol. The number of anilines is 3. The van der Waals surface area contributed by atoms with Crippen LogP contribution in [0.3, 0.4) is 0 Å². The standard InChI is InChI=1S/C13H10F3N5/c1-18-11-5-12(20-7-19-11)21-9-3-2-8(6-17)10(4-9)13(14,15)16/h2-5,7H,1H3,(H2,18,19,20,21). The van der Waals surface area contributed by atoms with Crippen LogP contribution in [0.15, 0.2) is 30.6 Å². The summed E-state index contributed by atoms with van der Waals surface area (Å²) >= 11 is 0. The number of alkyl halides is 3. The molecule has 0 aliphatic rings. The van der Waals surface area contributed by atoms with Crippen LogP contribution in [0.25, 0.3) is 0 Å².